The first-order valence-corrected chi connectivity index (χ1v) is 7.83. The van der Waals surface area contributed by atoms with Crippen molar-refractivity contribution in [2.45, 2.75) is 31.9 Å². The third-order valence-corrected chi connectivity index (χ3v) is 4.30. The topological polar surface area (TPSA) is 88.5 Å². The zero-order valence-corrected chi connectivity index (χ0v) is 12.9. The van der Waals surface area contributed by atoms with E-state index in [2.05, 4.69) is 9.71 Å². The highest BCUT2D eigenvalue weighted by atomic mass is 32.2. The third kappa shape index (κ3) is 5.16. The van der Waals surface area contributed by atoms with Gasteiger partial charge < -0.3 is 9.84 Å². The molecule has 1 rings (SSSR count). The molecule has 0 aliphatic rings. The van der Waals surface area contributed by atoms with E-state index < -0.39 is 10.0 Å². The summed E-state index contributed by atoms with van der Waals surface area (Å²) < 4.78 is 31.7. The second-order valence-corrected chi connectivity index (χ2v) is 7.11. The minimum Gasteiger partial charge on any atom is -0.392 e. The van der Waals surface area contributed by atoms with E-state index in [0.717, 1.165) is 6.42 Å². The van der Waals surface area contributed by atoms with Crippen LogP contribution in [0.15, 0.2) is 23.4 Å². The summed E-state index contributed by atoms with van der Waals surface area (Å²) in [6.45, 7) is 4.67. The highest BCUT2D eigenvalue weighted by Crippen LogP contribution is 2.19. The van der Waals surface area contributed by atoms with Gasteiger partial charge in [0.25, 0.3) is 10.0 Å². The Morgan fingerprint density at radius 1 is 1.40 bits per heavy atom. The standard InChI is InChI=1S/C13H22N2O4S/c1-13(2,6-7-19-3)10-15-20(17,18)12-5-4-11(9-16)8-14-12/h4-5,8,15-16H,6-7,9-10H2,1-3H3. The molecule has 6 nitrogen and oxygen atoms in total. The second kappa shape index (κ2) is 7.12. The van der Waals surface area contributed by atoms with E-state index in [1.54, 1.807) is 7.11 Å². The van der Waals surface area contributed by atoms with Crippen LogP contribution in [0.1, 0.15) is 25.8 Å². The summed E-state index contributed by atoms with van der Waals surface area (Å²) in [5.74, 6) is 0. The Kier molecular flexibility index (Phi) is 6.07. The number of aliphatic hydroxyl groups excluding tert-OH is 1. The highest BCUT2D eigenvalue weighted by molar-refractivity contribution is 7.89. The lowest BCUT2D eigenvalue weighted by atomic mass is 9.90. The Bertz CT molecular complexity index is 512. The Balaban J connectivity index is 2.69. The number of aliphatic hydroxyl groups is 1. The van der Waals surface area contributed by atoms with Gasteiger partial charge in [-0.2, -0.15) is 0 Å². The molecule has 7 heteroatoms. The van der Waals surface area contributed by atoms with Crippen molar-refractivity contribution in [1.82, 2.24) is 9.71 Å². The predicted octanol–water partition coefficient (Wildman–Crippen LogP) is 0.915. The molecule has 0 radical (unpaired) electrons. The maximum absolute atomic E-state index is 12.1. The summed E-state index contributed by atoms with van der Waals surface area (Å²) >= 11 is 0. The number of sulfonamides is 1. The van der Waals surface area contributed by atoms with Crippen LogP contribution in [0.2, 0.25) is 0 Å². The first-order valence-electron chi connectivity index (χ1n) is 6.35. The lowest BCUT2D eigenvalue weighted by molar-refractivity contribution is 0.153. The SMILES string of the molecule is COCCC(C)(C)CNS(=O)(=O)c1ccc(CO)cn1. The van der Waals surface area contributed by atoms with Crippen molar-refractivity contribution >= 4 is 10.0 Å². The van der Waals surface area contributed by atoms with E-state index >= 15 is 0 Å². The van der Waals surface area contributed by atoms with Crippen molar-refractivity contribution in [3.8, 4) is 0 Å². The number of pyridine rings is 1. The normalized spacial score (nSPS) is 12.6. The first kappa shape index (κ1) is 17.0. The zero-order chi connectivity index (χ0) is 15.2. The van der Waals surface area contributed by atoms with Crippen molar-refractivity contribution in [2.24, 2.45) is 5.41 Å². The maximum Gasteiger partial charge on any atom is 0.258 e. The van der Waals surface area contributed by atoms with Gasteiger partial charge in [-0.05, 0) is 23.5 Å². The molecule has 0 unspecified atom stereocenters. The molecule has 0 saturated carbocycles. The van der Waals surface area contributed by atoms with Crippen LogP contribution in [0.25, 0.3) is 0 Å². The van der Waals surface area contributed by atoms with E-state index in [0.29, 0.717) is 18.7 Å². The Morgan fingerprint density at radius 2 is 2.10 bits per heavy atom. The largest absolute Gasteiger partial charge is 0.392 e. The summed E-state index contributed by atoms with van der Waals surface area (Å²) in [5.41, 5.74) is 0.373. The molecule has 0 fully saturated rings. The summed E-state index contributed by atoms with van der Waals surface area (Å²) in [6.07, 6.45) is 2.10. The molecular formula is C13H22N2O4S. The van der Waals surface area contributed by atoms with Crippen molar-refractivity contribution in [1.29, 1.82) is 0 Å². The minimum atomic E-state index is -3.63. The fourth-order valence-electron chi connectivity index (χ4n) is 1.49. The number of methoxy groups -OCH3 is 1. The molecule has 114 valence electrons. The summed E-state index contributed by atoms with van der Waals surface area (Å²) in [5, 5.41) is 8.86. The molecule has 0 aromatic carbocycles. The molecule has 0 amide bonds. The Morgan fingerprint density at radius 3 is 2.60 bits per heavy atom. The zero-order valence-electron chi connectivity index (χ0n) is 12.1. The van der Waals surface area contributed by atoms with Crippen LogP contribution >= 0.6 is 0 Å². The van der Waals surface area contributed by atoms with Gasteiger partial charge in [0.15, 0.2) is 5.03 Å². The van der Waals surface area contributed by atoms with Crippen molar-refractivity contribution in [3.63, 3.8) is 0 Å². The molecule has 20 heavy (non-hydrogen) atoms. The van der Waals surface area contributed by atoms with Crippen molar-refractivity contribution < 1.29 is 18.3 Å². The number of nitrogens with zero attached hydrogens (tertiary/aromatic N) is 1. The molecule has 0 atom stereocenters. The monoisotopic (exact) mass is 302 g/mol. The van der Waals surface area contributed by atoms with Crippen LogP contribution in [-0.2, 0) is 21.4 Å². The minimum absolute atomic E-state index is 0.0442. The van der Waals surface area contributed by atoms with Crippen LogP contribution < -0.4 is 4.72 Å². The summed E-state index contributed by atoms with van der Waals surface area (Å²) in [6, 6.07) is 2.92. The molecular weight excluding hydrogens is 280 g/mol. The van der Waals surface area contributed by atoms with Crippen LogP contribution in [-0.4, -0.2) is 38.8 Å². The number of nitrogens with one attached hydrogen (secondary N) is 1. The second-order valence-electron chi connectivity index (χ2n) is 5.39. The van der Waals surface area contributed by atoms with E-state index in [4.69, 9.17) is 9.84 Å². The molecule has 1 aromatic heterocycles. The van der Waals surface area contributed by atoms with Gasteiger partial charge in [0.1, 0.15) is 0 Å². The smallest absolute Gasteiger partial charge is 0.258 e. The molecule has 2 N–H and O–H groups in total. The number of aromatic nitrogens is 1. The highest BCUT2D eigenvalue weighted by Gasteiger charge is 2.22. The number of hydrogen-bond acceptors (Lipinski definition) is 5. The van der Waals surface area contributed by atoms with Crippen LogP contribution in [0, 0.1) is 5.41 Å². The van der Waals surface area contributed by atoms with Gasteiger partial charge >= 0.3 is 0 Å². The van der Waals surface area contributed by atoms with Gasteiger partial charge in [-0.25, -0.2) is 18.1 Å². The van der Waals surface area contributed by atoms with E-state index in [1.807, 2.05) is 13.8 Å². The van der Waals surface area contributed by atoms with Crippen LogP contribution in [0.3, 0.4) is 0 Å². The third-order valence-electron chi connectivity index (χ3n) is 2.98. The van der Waals surface area contributed by atoms with Gasteiger partial charge in [0.2, 0.25) is 0 Å². The van der Waals surface area contributed by atoms with E-state index in [1.165, 1.54) is 18.3 Å². The lowest BCUT2D eigenvalue weighted by Gasteiger charge is -2.24. The van der Waals surface area contributed by atoms with Gasteiger partial charge in [-0.1, -0.05) is 19.9 Å². The first-order chi connectivity index (χ1) is 9.30. The number of hydrogen-bond donors (Lipinski definition) is 2. The van der Waals surface area contributed by atoms with Crippen molar-refractivity contribution in [3.05, 3.63) is 23.9 Å². The van der Waals surface area contributed by atoms with Crippen molar-refractivity contribution in [2.75, 3.05) is 20.3 Å². The maximum atomic E-state index is 12.1. The number of rotatable bonds is 8. The van der Waals surface area contributed by atoms with Gasteiger partial charge in [0.05, 0.1) is 6.61 Å². The molecule has 0 spiro atoms. The van der Waals surface area contributed by atoms with E-state index in [9.17, 15) is 8.42 Å². The fraction of sp³-hybridized carbons (Fsp3) is 0.615. The summed E-state index contributed by atoms with van der Waals surface area (Å²) in [4.78, 5) is 3.85. The Hall–Kier alpha value is -1.02. The van der Waals surface area contributed by atoms with Gasteiger partial charge in [-0.3, -0.25) is 0 Å². The fourth-order valence-corrected chi connectivity index (χ4v) is 2.66. The molecule has 0 bridgehead atoms. The molecule has 1 aromatic rings. The predicted molar refractivity (Wildman–Crippen MR) is 75.6 cm³/mol. The quantitative estimate of drug-likeness (QED) is 0.745. The van der Waals surface area contributed by atoms with Gasteiger partial charge in [0, 0.05) is 26.5 Å². The summed E-state index contributed by atoms with van der Waals surface area (Å²) in [7, 11) is -2.01. The van der Waals surface area contributed by atoms with Crippen LogP contribution in [0.5, 0.6) is 0 Å². The molecule has 0 aliphatic carbocycles. The van der Waals surface area contributed by atoms with E-state index in [-0.39, 0.29) is 17.0 Å². The molecule has 0 aliphatic heterocycles. The average Bonchev–Trinajstić information content (AvgIpc) is 2.43. The lowest BCUT2D eigenvalue weighted by Crippen LogP contribution is -2.35. The average molecular weight is 302 g/mol. The molecule has 0 saturated heterocycles. The van der Waals surface area contributed by atoms with Crippen LogP contribution in [0.4, 0.5) is 0 Å². The Labute approximate surface area is 120 Å². The number of ether oxygens (including phenoxy) is 1. The molecule has 1 heterocycles. The van der Waals surface area contributed by atoms with Gasteiger partial charge in [-0.15, -0.1) is 0 Å².